The van der Waals surface area contributed by atoms with Crippen LogP contribution in [-0.4, -0.2) is 19.9 Å². The molecular formula is C11H10FNO2S. The third-order valence-electron chi connectivity index (χ3n) is 2.83. The summed E-state index contributed by atoms with van der Waals surface area (Å²) in [7, 11) is -3.25. The van der Waals surface area contributed by atoms with Gasteiger partial charge in [0.2, 0.25) is 0 Å². The summed E-state index contributed by atoms with van der Waals surface area (Å²) in [6.07, 6.45) is 1.11. The Labute approximate surface area is 93.4 Å². The molecule has 16 heavy (non-hydrogen) atoms. The molecule has 0 N–H and O–H groups in total. The van der Waals surface area contributed by atoms with Gasteiger partial charge in [0.05, 0.1) is 17.2 Å². The zero-order chi connectivity index (χ0) is 11.9. The standard InChI is InChI=1S/C11H10FNO2S/c1-16(14,15)11-9(6-13)10(11)7-3-2-4-8(12)5-7/h2-5,9-11H,1H3/t9-,10+,11+/m0/s1. The van der Waals surface area contributed by atoms with Crippen LogP contribution in [0.2, 0.25) is 0 Å². The maximum absolute atomic E-state index is 13.0. The van der Waals surface area contributed by atoms with Crippen LogP contribution in [0.4, 0.5) is 4.39 Å². The Morgan fingerprint density at radius 1 is 1.44 bits per heavy atom. The van der Waals surface area contributed by atoms with Gasteiger partial charge in [-0.3, -0.25) is 0 Å². The van der Waals surface area contributed by atoms with E-state index < -0.39 is 26.8 Å². The molecular weight excluding hydrogens is 229 g/mol. The van der Waals surface area contributed by atoms with Crippen LogP contribution in [0.5, 0.6) is 0 Å². The second-order valence-electron chi connectivity index (χ2n) is 4.03. The average molecular weight is 239 g/mol. The maximum atomic E-state index is 13.0. The molecule has 0 bridgehead atoms. The van der Waals surface area contributed by atoms with Gasteiger partial charge in [-0.15, -0.1) is 0 Å². The van der Waals surface area contributed by atoms with Gasteiger partial charge in [-0.05, 0) is 17.7 Å². The molecule has 1 aromatic rings. The van der Waals surface area contributed by atoms with Gasteiger partial charge in [0.15, 0.2) is 9.84 Å². The number of sulfone groups is 1. The summed E-state index contributed by atoms with van der Waals surface area (Å²) in [5.41, 5.74) is 0.585. The van der Waals surface area contributed by atoms with E-state index in [0.29, 0.717) is 5.56 Å². The molecule has 84 valence electrons. The Morgan fingerprint density at radius 2 is 2.12 bits per heavy atom. The molecule has 1 fully saturated rings. The lowest BCUT2D eigenvalue weighted by atomic mass is 10.1. The Balaban J connectivity index is 2.35. The lowest BCUT2D eigenvalue weighted by molar-refractivity contribution is 0.598. The van der Waals surface area contributed by atoms with Gasteiger partial charge in [-0.25, -0.2) is 12.8 Å². The summed E-state index contributed by atoms with van der Waals surface area (Å²) >= 11 is 0. The SMILES string of the molecule is CS(=O)(=O)[C@@H]1[C@@H](C#N)[C@H]1c1cccc(F)c1. The van der Waals surface area contributed by atoms with Gasteiger partial charge in [-0.1, -0.05) is 12.1 Å². The van der Waals surface area contributed by atoms with Gasteiger partial charge in [0, 0.05) is 12.2 Å². The number of hydrogen-bond acceptors (Lipinski definition) is 3. The first-order chi connectivity index (χ1) is 7.45. The average Bonchev–Trinajstić information content (AvgIpc) is 2.91. The number of halogens is 1. The highest BCUT2D eigenvalue weighted by atomic mass is 32.2. The second kappa shape index (κ2) is 3.56. The molecule has 1 aliphatic carbocycles. The van der Waals surface area contributed by atoms with Crippen molar-refractivity contribution in [2.75, 3.05) is 6.26 Å². The van der Waals surface area contributed by atoms with Gasteiger partial charge >= 0.3 is 0 Å². The fraction of sp³-hybridized carbons (Fsp3) is 0.364. The topological polar surface area (TPSA) is 57.9 Å². The van der Waals surface area contributed by atoms with Crippen LogP contribution in [0.15, 0.2) is 24.3 Å². The number of hydrogen-bond donors (Lipinski definition) is 0. The molecule has 0 unspecified atom stereocenters. The van der Waals surface area contributed by atoms with Crippen LogP contribution in [0.25, 0.3) is 0 Å². The van der Waals surface area contributed by atoms with Crippen LogP contribution in [0.1, 0.15) is 11.5 Å². The van der Waals surface area contributed by atoms with E-state index in [1.807, 2.05) is 6.07 Å². The third kappa shape index (κ3) is 1.81. The first-order valence-corrected chi connectivity index (χ1v) is 6.74. The zero-order valence-electron chi connectivity index (χ0n) is 8.59. The van der Waals surface area contributed by atoms with Crippen molar-refractivity contribution in [1.29, 1.82) is 5.26 Å². The van der Waals surface area contributed by atoms with Gasteiger partial charge in [-0.2, -0.15) is 5.26 Å². The molecule has 2 rings (SSSR count). The van der Waals surface area contributed by atoms with Gasteiger partial charge in [0.1, 0.15) is 5.82 Å². The molecule has 1 aromatic carbocycles. The predicted octanol–water partition coefficient (Wildman–Crippen LogP) is 1.48. The molecule has 0 aliphatic heterocycles. The minimum Gasteiger partial charge on any atom is -0.229 e. The summed E-state index contributed by atoms with van der Waals surface area (Å²) in [5.74, 6) is -1.33. The van der Waals surface area contributed by atoms with Crippen molar-refractivity contribution in [2.24, 2.45) is 5.92 Å². The number of nitriles is 1. The Hall–Kier alpha value is -1.41. The Bertz CT molecular complexity index is 562. The van der Waals surface area contributed by atoms with E-state index in [9.17, 15) is 12.8 Å². The summed E-state index contributed by atoms with van der Waals surface area (Å²) in [5, 5.41) is 8.15. The lowest BCUT2D eigenvalue weighted by Crippen LogP contribution is -2.06. The fourth-order valence-corrected chi connectivity index (χ4v) is 3.61. The van der Waals surface area contributed by atoms with E-state index in [1.165, 1.54) is 18.2 Å². The molecule has 0 heterocycles. The number of benzene rings is 1. The Morgan fingerprint density at radius 3 is 2.56 bits per heavy atom. The molecule has 1 saturated carbocycles. The fourth-order valence-electron chi connectivity index (χ4n) is 2.08. The molecule has 0 amide bonds. The summed E-state index contributed by atoms with van der Waals surface area (Å²) in [6, 6.07) is 7.73. The van der Waals surface area contributed by atoms with Crippen LogP contribution in [0.3, 0.4) is 0 Å². The second-order valence-corrected chi connectivity index (χ2v) is 6.23. The van der Waals surface area contributed by atoms with Crippen LogP contribution >= 0.6 is 0 Å². The smallest absolute Gasteiger partial charge is 0.152 e. The molecule has 0 aromatic heterocycles. The molecule has 5 heteroatoms. The summed E-state index contributed by atoms with van der Waals surface area (Å²) < 4.78 is 35.8. The van der Waals surface area contributed by atoms with E-state index in [-0.39, 0.29) is 5.92 Å². The normalized spacial score (nSPS) is 28.4. The van der Waals surface area contributed by atoms with Crippen molar-refractivity contribution < 1.29 is 12.8 Å². The maximum Gasteiger partial charge on any atom is 0.152 e. The first-order valence-electron chi connectivity index (χ1n) is 4.79. The van der Waals surface area contributed by atoms with Gasteiger partial charge in [0.25, 0.3) is 0 Å². The highest BCUT2D eigenvalue weighted by Crippen LogP contribution is 2.51. The Kier molecular flexibility index (Phi) is 2.47. The van der Waals surface area contributed by atoms with E-state index >= 15 is 0 Å². The van der Waals surface area contributed by atoms with Crippen molar-refractivity contribution in [2.45, 2.75) is 11.2 Å². The third-order valence-corrected chi connectivity index (χ3v) is 4.41. The lowest BCUT2D eigenvalue weighted by Gasteiger charge is -1.98. The van der Waals surface area contributed by atoms with Crippen molar-refractivity contribution in [3.8, 4) is 6.07 Å². The molecule has 0 spiro atoms. The van der Waals surface area contributed by atoms with Crippen molar-refractivity contribution in [3.05, 3.63) is 35.6 Å². The number of rotatable bonds is 2. The quantitative estimate of drug-likeness (QED) is 0.785. The molecule has 3 atom stereocenters. The van der Waals surface area contributed by atoms with E-state index in [1.54, 1.807) is 6.07 Å². The van der Waals surface area contributed by atoms with Crippen molar-refractivity contribution in [1.82, 2.24) is 0 Å². The summed E-state index contributed by atoms with van der Waals surface area (Å²) in [4.78, 5) is 0. The highest BCUT2D eigenvalue weighted by molar-refractivity contribution is 7.91. The van der Waals surface area contributed by atoms with Crippen molar-refractivity contribution in [3.63, 3.8) is 0 Å². The van der Waals surface area contributed by atoms with Gasteiger partial charge < -0.3 is 0 Å². The van der Waals surface area contributed by atoms with E-state index in [4.69, 9.17) is 5.26 Å². The van der Waals surface area contributed by atoms with E-state index in [2.05, 4.69) is 0 Å². The zero-order valence-corrected chi connectivity index (χ0v) is 9.41. The number of nitrogens with zero attached hydrogens (tertiary/aromatic N) is 1. The molecule has 0 radical (unpaired) electrons. The van der Waals surface area contributed by atoms with Crippen LogP contribution < -0.4 is 0 Å². The minimum absolute atomic E-state index is 0.379. The highest BCUT2D eigenvalue weighted by Gasteiger charge is 2.57. The van der Waals surface area contributed by atoms with Crippen LogP contribution in [-0.2, 0) is 9.84 Å². The van der Waals surface area contributed by atoms with E-state index in [0.717, 1.165) is 6.26 Å². The molecule has 3 nitrogen and oxygen atoms in total. The predicted molar refractivity (Wildman–Crippen MR) is 56.9 cm³/mol. The minimum atomic E-state index is -3.25. The monoisotopic (exact) mass is 239 g/mol. The molecule has 1 aliphatic rings. The van der Waals surface area contributed by atoms with Crippen LogP contribution in [0, 0.1) is 23.1 Å². The van der Waals surface area contributed by atoms with Crippen molar-refractivity contribution >= 4 is 9.84 Å². The first kappa shape index (κ1) is 11.1. The molecule has 0 saturated heterocycles. The summed E-state index contributed by atoms with van der Waals surface area (Å²) in [6.45, 7) is 0. The largest absolute Gasteiger partial charge is 0.229 e.